The highest BCUT2D eigenvalue weighted by molar-refractivity contribution is 7.10. The van der Waals surface area contributed by atoms with Crippen molar-refractivity contribution in [3.8, 4) is 0 Å². The molecule has 5 nitrogen and oxygen atoms in total. The number of piperidine rings is 3. The van der Waals surface area contributed by atoms with Crippen molar-refractivity contribution < 1.29 is 49.7 Å². The predicted molar refractivity (Wildman–Crippen MR) is 124 cm³/mol. The molecule has 2 unspecified atom stereocenters. The molecule has 0 radical (unpaired) electrons. The summed E-state index contributed by atoms with van der Waals surface area (Å²) in [7, 11) is 0. The third-order valence-corrected chi connectivity index (χ3v) is 9.07. The van der Waals surface area contributed by atoms with Crippen LogP contribution in [0.25, 0.3) is 0 Å². The average molecular weight is 570 g/mol. The van der Waals surface area contributed by atoms with Crippen molar-refractivity contribution in [2.45, 2.75) is 49.7 Å². The number of aliphatic hydroxyl groups is 1. The van der Waals surface area contributed by atoms with Gasteiger partial charge in [-0.25, -0.2) is 13.6 Å². The summed E-state index contributed by atoms with van der Waals surface area (Å²) < 4.78 is 34.6. The van der Waals surface area contributed by atoms with Crippen LogP contribution in [0, 0.1) is 11.8 Å². The number of Topliss-reactive ketones (excluding diaryl/α,β-unsaturated/α-hetero) is 1. The molecular formula is C26H30BrF2NO4S. The zero-order valence-corrected chi connectivity index (χ0v) is 21.8. The Morgan fingerprint density at radius 3 is 2.43 bits per heavy atom. The van der Waals surface area contributed by atoms with Gasteiger partial charge >= 0.3 is 5.97 Å². The molecule has 1 aromatic carbocycles. The number of nitrogens with zero attached hydrogens (tertiary/aromatic N) is 1. The van der Waals surface area contributed by atoms with E-state index in [1.54, 1.807) is 17.5 Å². The van der Waals surface area contributed by atoms with Gasteiger partial charge in [0.05, 0.1) is 13.1 Å². The third-order valence-electron chi connectivity index (χ3n) is 8.08. The van der Waals surface area contributed by atoms with E-state index in [-0.39, 0.29) is 41.5 Å². The zero-order valence-electron chi connectivity index (χ0n) is 19.4. The van der Waals surface area contributed by atoms with E-state index in [9.17, 15) is 23.5 Å². The number of rotatable bonds is 7. The van der Waals surface area contributed by atoms with Gasteiger partial charge in [0.1, 0.15) is 13.1 Å². The standard InChI is InChI=1S/C26H30F2NO4S.BrH/c27-25(28)11-8-20(15-25)26(32,23-7-4-14-34-23)24(31)33-22-17-29(12-9-19(22)10-13-29)16-21(30)18-5-2-1-3-6-18;/h1-7,14,19-20,22,32H,8-13,15-17H2;1H/q+1;/p-1/t19?,20?,22-,26?,29?;/m0./s1. The van der Waals surface area contributed by atoms with E-state index in [0.717, 1.165) is 25.9 Å². The number of thiophene rings is 1. The maximum atomic E-state index is 14.0. The van der Waals surface area contributed by atoms with Crippen LogP contribution in [0.3, 0.4) is 0 Å². The largest absolute Gasteiger partial charge is 1.00 e. The fourth-order valence-electron chi connectivity index (χ4n) is 6.09. The number of hydrogen-bond donors (Lipinski definition) is 1. The van der Waals surface area contributed by atoms with Gasteiger partial charge in [-0.3, -0.25) is 4.79 Å². The summed E-state index contributed by atoms with van der Waals surface area (Å²) in [6, 6.07) is 12.5. The number of ether oxygens (including phenoxy) is 1. The highest BCUT2D eigenvalue weighted by Gasteiger charge is 2.57. The van der Waals surface area contributed by atoms with Crippen LogP contribution < -0.4 is 17.0 Å². The van der Waals surface area contributed by atoms with Gasteiger partial charge in [-0.1, -0.05) is 36.4 Å². The lowest BCUT2D eigenvalue weighted by Crippen LogP contribution is -3.00. The molecule has 1 aromatic heterocycles. The quantitative estimate of drug-likeness (QED) is 0.311. The molecule has 4 fully saturated rings. The lowest BCUT2D eigenvalue weighted by molar-refractivity contribution is -0.938. The van der Waals surface area contributed by atoms with Crippen LogP contribution in [0.15, 0.2) is 47.8 Å². The summed E-state index contributed by atoms with van der Waals surface area (Å²) in [6.07, 6.45) is 0.420. The number of halogens is 3. The Labute approximate surface area is 218 Å². The van der Waals surface area contributed by atoms with Crippen molar-refractivity contribution in [1.29, 1.82) is 0 Å². The number of benzene rings is 1. The summed E-state index contributed by atoms with van der Waals surface area (Å²) in [4.78, 5) is 26.8. The summed E-state index contributed by atoms with van der Waals surface area (Å²) in [5.74, 6) is -4.39. The van der Waals surface area contributed by atoms with Gasteiger partial charge < -0.3 is 31.3 Å². The first-order chi connectivity index (χ1) is 16.2. The molecule has 4 heterocycles. The van der Waals surface area contributed by atoms with Crippen LogP contribution in [0.2, 0.25) is 0 Å². The van der Waals surface area contributed by atoms with Gasteiger partial charge in [-0.15, -0.1) is 11.3 Å². The fourth-order valence-corrected chi connectivity index (χ4v) is 6.99. The SMILES string of the molecule is O=C(C[N+]12CCC(CC1)[C@@H](OC(=O)C(O)(c1cccs1)C1CCC(F)(F)C1)C2)c1ccccc1.[Br-]. The monoisotopic (exact) mass is 569 g/mol. The molecule has 6 rings (SSSR count). The molecule has 2 bridgehead atoms. The highest BCUT2D eigenvalue weighted by Crippen LogP contribution is 2.49. The molecule has 9 heteroatoms. The smallest absolute Gasteiger partial charge is 0.344 e. The van der Waals surface area contributed by atoms with Crippen LogP contribution in [-0.4, -0.2) is 59.5 Å². The minimum Gasteiger partial charge on any atom is -1.00 e. The molecule has 1 N–H and O–H groups in total. The molecule has 2 aromatic rings. The topological polar surface area (TPSA) is 63.6 Å². The van der Waals surface area contributed by atoms with Crippen LogP contribution >= 0.6 is 11.3 Å². The molecule has 1 saturated carbocycles. The van der Waals surface area contributed by atoms with Crippen LogP contribution in [-0.2, 0) is 15.1 Å². The van der Waals surface area contributed by atoms with E-state index < -0.39 is 35.9 Å². The van der Waals surface area contributed by atoms with Crippen molar-refractivity contribution >= 4 is 23.1 Å². The minimum atomic E-state index is -2.89. The van der Waals surface area contributed by atoms with E-state index in [2.05, 4.69) is 0 Å². The van der Waals surface area contributed by atoms with Crippen molar-refractivity contribution in [1.82, 2.24) is 0 Å². The molecular weight excluding hydrogens is 540 g/mol. The first-order valence-corrected chi connectivity index (χ1v) is 12.9. The first kappa shape index (κ1) is 26.4. The molecule has 0 spiro atoms. The van der Waals surface area contributed by atoms with Gasteiger partial charge in [0, 0.05) is 48.0 Å². The van der Waals surface area contributed by atoms with Gasteiger partial charge in [-0.2, -0.15) is 0 Å². The number of alkyl halides is 2. The summed E-state index contributed by atoms with van der Waals surface area (Å²) >= 11 is 1.18. The predicted octanol–water partition coefficient (Wildman–Crippen LogP) is 1.41. The van der Waals surface area contributed by atoms with Gasteiger partial charge in [0.2, 0.25) is 11.7 Å². The molecule has 190 valence electrons. The molecule has 3 saturated heterocycles. The second-order valence-corrected chi connectivity index (χ2v) is 11.2. The number of esters is 1. The Bertz CT molecular complexity index is 1040. The number of quaternary nitrogens is 1. The Morgan fingerprint density at radius 1 is 1.11 bits per heavy atom. The van der Waals surface area contributed by atoms with E-state index >= 15 is 0 Å². The van der Waals surface area contributed by atoms with Crippen molar-refractivity contribution in [3.63, 3.8) is 0 Å². The van der Waals surface area contributed by atoms with Gasteiger partial charge in [-0.05, 0) is 17.9 Å². The second-order valence-electron chi connectivity index (χ2n) is 10.2. The first-order valence-electron chi connectivity index (χ1n) is 12.0. The average Bonchev–Trinajstić information content (AvgIpc) is 3.50. The molecule has 3 atom stereocenters. The number of fused-ring (bicyclic) bond motifs is 3. The Morgan fingerprint density at radius 2 is 1.83 bits per heavy atom. The number of carbonyl (C=O) groups excluding carboxylic acids is 2. The second kappa shape index (κ2) is 10.00. The van der Waals surface area contributed by atoms with Crippen molar-refractivity contribution in [3.05, 3.63) is 58.3 Å². The summed E-state index contributed by atoms with van der Waals surface area (Å²) in [5, 5.41) is 13.3. The van der Waals surface area contributed by atoms with Crippen LogP contribution in [0.1, 0.15) is 47.3 Å². The number of carbonyl (C=O) groups is 2. The maximum Gasteiger partial charge on any atom is 0.344 e. The molecule has 1 aliphatic carbocycles. The summed E-state index contributed by atoms with van der Waals surface area (Å²) in [5.41, 5.74) is -1.41. The molecule has 3 aliphatic heterocycles. The third kappa shape index (κ3) is 5.10. The highest BCUT2D eigenvalue weighted by atomic mass is 79.9. The van der Waals surface area contributed by atoms with Gasteiger partial charge in [0.25, 0.3) is 0 Å². The van der Waals surface area contributed by atoms with E-state index in [4.69, 9.17) is 4.74 Å². The normalized spacial score (nSPS) is 30.8. The summed E-state index contributed by atoms with van der Waals surface area (Å²) in [6.45, 7) is 2.55. The molecule has 35 heavy (non-hydrogen) atoms. The molecule has 0 amide bonds. The Kier molecular flexibility index (Phi) is 7.53. The van der Waals surface area contributed by atoms with Gasteiger partial charge in [0.15, 0.2) is 11.7 Å². The van der Waals surface area contributed by atoms with Crippen molar-refractivity contribution in [2.24, 2.45) is 11.8 Å². The van der Waals surface area contributed by atoms with E-state index in [1.807, 2.05) is 30.3 Å². The van der Waals surface area contributed by atoms with E-state index in [1.165, 1.54) is 11.3 Å². The fraction of sp³-hybridized carbons (Fsp3) is 0.538. The lowest BCUT2D eigenvalue weighted by atomic mass is 9.81. The van der Waals surface area contributed by atoms with E-state index in [0.29, 0.717) is 28.0 Å². The Hall–Kier alpha value is -1.68. The Balaban J connectivity index is 0.00000289. The zero-order chi connectivity index (χ0) is 24.0. The van der Waals surface area contributed by atoms with Crippen molar-refractivity contribution in [2.75, 3.05) is 26.2 Å². The van der Waals surface area contributed by atoms with Crippen LogP contribution in [0.5, 0.6) is 0 Å². The van der Waals surface area contributed by atoms with Crippen LogP contribution in [0.4, 0.5) is 8.78 Å². The lowest BCUT2D eigenvalue weighted by Gasteiger charge is -2.52. The number of hydrogen-bond acceptors (Lipinski definition) is 5. The minimum absolute atomic E-state index is 0. The number of ketones is 1. The molecule has 4 aliphatic rings. The maximum absolute atomic E-state index is 14.0.